The molecule has 0 atom stereocenters. The van der Waals surface area contributed by atoms with Crippen molar-refractivity contribution in [2.45, 2.75) is 12.8 Å². The minimum Gasteiger partial charge on any atom is -0.497 e. The molecule has 0 radical (unpaired) electrons. The van der Waals surface area contributed by atoms with Crippen LogP contribution in [0.4, 0.5) is 5.13 Å². The number of hydrogen-bond donors (Lipinski definition) is 0. The van der Waals surface area contributed by atoms with E-state index in [-0.39, 0.29) is 5.91 Å². The molecular formula is C18H18N2O2S. The Morgan fingerprint density at radius 1 is 1.17 bits per heavy atom. The van der Waals surface area contributed by atoms with E-state index in [1.165, 1.54) is 11.3 Å². The van der Waals surface area contributed by atoms with Crippen LogP contribution < -0.4 is 9.64 Å². The van der Waals surface area contributed by atoms with Crippen LogP contribution in [0, 0.1) is 0 Å². The molecule has 0 unspecified atom stereocenters. The summed E-state index contributed by atoms with van der Waals surface area (Å²) in [5.41, 5.74) is 2.05. The van der Waals surface area contributed by atoms with E-state index in [0.29, 0.717) is 12.8 Å². The van der Waals surface area contributed by atoms with Gasteiger partial charge in [-0.05, 0) is 36.2 Å². The topological polar surface area (TPSA) is 42.4 Å². The summed E-state index contributed by atoms with van der Waals surface area (Å²) >= 11 is 1.54. The molecule has 5 heteroatoms. The number of carbonyl (C=O) groups excluding carboxylic acids is 1. The molecule has 1 aromatic heterocycles. The molecular weight excluding hydrogens is 308 g/mol. The number of rotatable bonds is 5. The highest BCUT2D eigenvalue weighted by Gasteiger charge is 2.15. The fourth-order valence-electron chi connectivity index (χ4n) is 2.32. The van der Waals surface area contributed by atoms with Gasteiger partial charge in [-0.2, -0.15) is 0 Å². The van der Waals surface area contributed by atoms with Gasteiger partial charge in [-0.1, -0.05) is 35.6 Å². The van der Waals surface area contributed by atoms with Crippen molar-refractivity contribution in [1.82, 2.24) is 4.98 Å². The van der Waals surface area contributed by atoms with E-state index in [0.717, 1.165) is 26.7 Å². The first-order valence-electron chi connectivity index (χ1n) is 7.42. The van der Waals surface area contributed by atoms with Crippen LogP contribution in [0.25, 0.3) is 10.2 Å². The number of para-hydroxylation sites is 1. The first kappa shape index (κ1) is 15.5. The van der Waals surface area contributed by atoms with Crippen molar-refractivity contribution >= 4 is 32.6 Å². The van der Waals surface area contributed by atoms with Crippen LogP contribution in [-0.4, -0.2) is 25.0 Å². The normalized spacial score (nSPS) is 10.7. The molecule has 0 fully saturated rings. The van der Waals surface area contributed by atoms with Gasteiger partial charge in [0.1, 0.15) is 5.75 Å². The smallest absolute Gasteiger partial charge is 0.228 e. The lowest BCUT2D eigenvalue weighted by Crippen LogP contribution is -2.26. The summed E-state index contributed by atoms with van der Waals surface area (Å²) in [5, 5.41) is 0.742. The molecule has 23 heavy (non-hydrogen) atoms. The third-order valence-electron chi connectivity index (χ3n) is 3.73. The Morgan fingerprint density at radius 3 is 2.61 bits per heavy atom. The Hall–Kier alpha value is -2.40. The molecule has 0 aliphatic carbocycles. The number of fused-ring (bicyclic) bond motifs is 1. The highest BCUT2D eigenvalue weighted by atomic mass is 32.1. The second-order valence-corrected chi connectivity index (χ2v) is 6.27. The standard InChI is InChI=1S/C18H18N2O2S/c1-20(18-19-15-5-3-4-6-16(15)23-18)17(21)12-9-13-7-10-14(22-2)11-8-13/h3-8,10-11H,9,12H2,1-2H3. The molecule has 4 nitrogen and oxygen atoms in total. The molecule has 0 bridgehead atoms. The van der Waals surface area contributed by atoms with Crippen LogP contribution in [0.1, 0.15) is 12.0 Å². The van der Waals surface area contributed by atoms with Crippen molar-refractivity contribution < 1.29 is 9.53 Å². The van der Waals surface area contributed by atoms with Gasteiger partial charge in [-0.15, -0.1) is 0 Å². The van der Waals surface area contributed by atoms with E-state index in [9.17, 15) is 4.79 Å². The zero-order chi connectivity index (χ0) is 16.2. The van der Waals surface area contributed by atoms with Gasteiger partial charge in [0.05, 0.1) is 17.3 Å². The SMILES string of the molecule is COc1ccc(CCC(=O)N(C)c2nc3ccccc3s2)cc1. The third-order valence-corrected chi connectivity index (χ3v) is 4.84. The lowest BCUT2D eigenvalue weighted by molar-refractivity contribution is -0.118. The summed E-state index contributed by atoms with van der Waals surface area (Å²) in [6.07, 6.45) is 1.16. The van der Waals surface area contributed by atoms with E-state index in [1.54, 1.807) is 19.1 Å². The molecule has 1 heterocycles. The van der Waals surface area contributed by atoms with E-state index < -0.39 is 0 Å². The van der Waals surface area contributed by atoms with Gasteiger partial charge in [0.25, 0.3) is 0 Å². The largest absolute Gasteiger partial charge is 0.497 e. The highest BCUT2D eigenvalue weighted by Crippen LogP contribution is 2.28. The minimum atomic E-state index is 0.0693. The Morgan fingerprint density at radius 2 is 1.91 bits per heavy atom. The summed E-state index contributed by atoms with van der Waals surface area (Å²) in [4.78, 5) is 18.6. The number of hydrogen-bond acceptors (Lipinski definition) is 4. The van der Waals surface area contributed by atoms with Crippen molar-refractivity contribution in [3.05, 3.63) is 54.1 Å². The van der Waals surface area contributed by atoms with E-state index in [4.69, 9.17) is 4.74 Å². The molecule has 3 rings (SSSR count). The number of aryl methyl sites for hydroxylation is 1. The second-order valence-electron chi connectivity index (χ2n) is 5.26. The van der Waals surface area contributed by atoms with E-state index in [2.05, 4.69) is 4.98 Å². The van der Waals surface area contributed by atoms with Gasteiger partial charge in [0.15, 0.2) is 5.13 Å². The average Bonchev–Trinajstić information content (AvgIpc) is 3.03. The number of nitrogens with zero attached hydrogens (tertiary/aromatic N) is 2. The second kappa shape index (κ2) is 6.79. The van der Waals surface area contributed by atoms with Gasteiger partial charge in [0.2, 0.25) is 5.91 Å². The summed E-state index contributed by atoms with van der Waals surface area (Å²) in [6, 6.07) is 15.7. The zero-order valence-corrected chi connectivity index (χ0v) is 14.0. The number of aromatic nitrogens is 1. The van der Waals surface area contributed by atoms with E-state index in [1.807, 2.05) is 48.5 Å². The van der Waals surface area contributed by atoms with Gasteiger partial charge < -0.3 is 4.74 Å². The Kier molecular flexibility index (Phi) is 4.57. The molecule has 0 aliphatic heterocycles. The van der Waals surface area contributed by atoms with Crippen molar-refractivity contribution in [1.29, 1.82) is 0 Å². The van der Waals surface area contributed by atoms with Gasteiger partial charge in [-0.25, -0.2) is 4.98 Å². The monoisotopic (exact) mass is 326 g/mol. The number of carbonyl (C=O) groups is 1. The maximum absolute atomic E-state index is 12.4. The van der Waals surface area contributed by atoms with E-state index >= 15 is 0 Å². The summed E-state index contributed by atoms with van der Waals surface area (Å²) < 4.78 is 6.23. The van der Waals surface area contributed by atoms with Crippen molar-refractivity contribution in [2.24, 2.45) is 0 Å². The molecule has 0 saturated heterocycles. The molecule has 1 amide bonds. The maximum Gasteiger partial charge on any atom is 0.228 e. The Bertz CT molecular complexity index is 778. The lowest BCUT2D eigenvalue weighted by Gasteiger charge is -2.13. The molecule has 0 saturated carbocycles. The van der Waals surface area contributed by atoms with Crippen LogP contribution in [0.3, 0.4) is 0 Å². The first-order chi connectivity index (χ1) is 11.2. The van der Waals surface area contributed by atoms with Crippen LogP contribution in [0.5, 0.6) is 5.75 Å². The minimum absolute atomic E-state index is 0.0693. The third kappa shape index (κ3) is 3.51. The van der Waals surface area contributed by atoms with Crippen LogP contribution in [-0.2, 0) is 11.2 Å². The molecule has 118 valence electrons. The molecule has 3 aromatic rings. The fourth-order valence-corrected chi connectivity index (χ4v) is 3.27. The van der Waals surface area contributed by atoms with Crippen LogP contribution in [0.15, 0.2) is 48.5 Å². The van der Waals surface area contributed by atoms with Crippen LogP contribution in [0.2, 0.25) is 0 Å². The predicted molar refractivity (Wildman–Crippen MR) is 94.3 cm³/mol. The summed E-state index contributed by atoms with van der Waals surface area (Å²) in [7, 11) is 3.43. The molecule has 0 N–H and O–H groups in total. The lowest BCUT2D eigenvalue weighted by atomic mass is 10.1. The zero-order valence-electron chi connectivity index (χ0n) is 13.2. The van der Waals surface area contributed by atoms with Crippen molar-refractivity contribution in [3.8, 4) is 5.75 Å². The van der Waals surface area contributed by atoms with Crippen LogP contribution >= 0.6 is 11.3 Å². The number of anilines is 1. The molecule has 0 aliphatic rings. The Labute approximate surface area is 139 Å². The number of amides is 1. The van der Waals surface area contributed by atoms with Crippen molar-refractivity contribution in [3.63, 3.8) is 0 Å². The average molecular weight is 326 g/mol. The highest BCUT2D eigenvalue weighted by molar-refractivity contribution is 7.22. The van der Waals surface area contributed by atoms with Gasteiger partial charge >= 0.3 is 0 Å². The fraction of sp³-hybridized carbons (Fsp3) is 0.222. The number of methoxy groups -OCH3 is 1. The maximum atomic E-state index is 12.4. The van der Waals surface area contributed by atoms with Crippen molar-refractivity contribution in [2.75, 3.05) is 19.1 Å². The quantitative estimate of drug-likeness (QED) is 0.714. The molecule has 2 aromatic carbocycles. The summed E-state index contributed by atoms with van der Waals surface area (Å²) in [6.45, 7) is 0. The predicted octanol–water partition coefficient (Wildman–Crippen LogP) is 3.90. The first-order valence-corrected chi connectivity index (χ1v) is 8.24. The number of benzene rings is 2. The summed E-state index contributed by atoms with van der Waals surface area (Å²) in [5.74, 6) is 0.895. The van der Waals surface area contributed by atoms with Gasteiger partial charge in [-0.3, -0.25) is 9.69 Å². The number of ether oxygens (including phenoxy) is 1. The molecule has 0 spiro atoms. The van der Waals surface area contributed by atoms with Gasteiger partial charge in [0, 0.05) is 13.5 Å². The Balaban J connectivity index is 1.64. The number of thiazole rings is 1.